The van der Waals surface area contributed by atoms with Crippen LogP contribution >= 0.6 is 15.9 Å². The zero-order valence-corrected chi connectivity index (χ0v) is 26.4. The normalized spacial score (nSPS) is 10.9. The van der Waals surface area contributed by atoms with E-state index >= 15 is 0 Å². The third kappa shape index (κ3) is 6.24. The van der Waals surface area contributed by atoms with Crippen LogP contribution in [0.4, 0.5) is 11.4 Å². The molecule has 0 amide bonds. The minimum atomic E-state index is 0.737. The van der Waals surface area contributed by atoms with Crippen molar-refractivity contribution in [3.63, 3.8) is 0 Å². The van der Waals surface area contributed by atoms with Crippen LogP contribution in [0, 0.1) is 0 Å². The molecule has 0 bridgehead atoms. The Morgan fingerprint density at radius 2 is 0.667 bits per heavy atom. The van der Waals surface area contributed by atoms with Crippen molar-refractivity contribution in [1.82, 2.24) is 0 Å². The second-order valence-corrected chi connectivity index (χ2v) is 11.9. The summed E-state index contributed by atoms with van der Waals surface area (Å²) in [5, 5.41) is 0. The SMILES string of the molecule is Brc1ccccc1CN(c1ccc(-c2ccccc2-c2ccccc2)cc1)c1ccc(-c2ccccc2-c2ccccc2)cc1. The summed E-state index contributed by atoms with van der Waals surface area (Å²) in [4.78, 5) is 2.39. The molecule has 0 aliphatic carbocycles. The summed E-state index contributed by atoms with van der Waals surface area (Å²) in [6.45, 7) is 0.737. The fraction of sp³-hybridized carbons (Fsp3) is 0.0233. The minimum absolute atomic E-state index is 0.737. The number of nitrogens with zero attached hydrogens (tertiary/aromatic N) is 1. The molecule has 0 radical (unpaired) electrons. The Morgan fingerprint density at radius 1 is 0.333 bits per heavy atom. The Bertz CT molecular complexity index is 1890. The smallest absolute Gasteiger partial charge is 0.0492 e. The number of benzene rings is 7. The molecular weight excluding hydrogens is 610 g/mol. The lowest BCUT2D eigenvalue weighted by atomic mass is 9.94. The molecule has 7 aromatic rings. The molecule has 7 aromatic carbocycles. The minimum Gasteiger partial charge on any atom is -0.337 e. The highest BCUT2D eigenvalue weighted by molar-refractivity contribution is 9.10. The summed E-state index contributed by atoms with van der Waals surface area (Å²) in [5.41, 5.74) is 13.3. The van der Waals surface area contributed by atoms with Crippen LogP contribution in [0.3, 0.4) is 0 Å². The van der Waals surface area contributed by atoms with Crippen LogP contribution < -0.4 is 4.90 Å². The number of anilines is 2. The number of rotatable bonds is 8. The van der Waals surface area contributed by atoms with E-state index in [4.69, 9.17) is 0 Å². The van der Waals surface area contributed by atoms with Crippen LogP contribution in [0.2, 0.25) is 0 Å². The second kappa shape index (κ2) is 13.2. The molecule has 0 aliphatic heterocycles. The average Bonchev–Trinajstić information content (AvgIpc) is 3.12. The predicted octanol–water partition coefficient (Wildman–Crippen LogP) is 12.5. The standard InChI is InChI=1S/C43H32BrN/c44-43-22-12-7-17-36(43)31-45(37-27-23-34(24-28-37)41-20-10-8-18-39(41)32-13-3-1-4-14-32)38-29-25-35(26-30-38)42-21-11-9-19-40(42)33-15-5-2-6-16-33/h1-30H,31H2. The van der Waals surface area contributed by atoms with Gasteiger partial charge in [-0.1, -0.05) is 168 Å². The monoisotopic (exact) mass is 641 g/mol. The van der Waals surface area contributed by atoms with Crippen LogP contribution in [0.25, 0.3) is 44.5 Å². The van der Waals surface area contributed by atoms with Gasteiger partial charge in [0.25, 0.3) is 0 Å². The van der Waals surface area contributed by atoms with Crippen molar-refractivity contribution < 1.29 is 0 Å². The van der Waals surface area contributed by atoms with E-state index in [1.165, 1.54) is 50.1 Å². The van der Waals surface area contributed by atoms with E-state index in [1.54, 1.807) is 0 Å². The zero-order valence-electron chi connectivity index (χ0n) is 24.9. The van der Waals surface area contributed by atoms with E-state index in [0.29, 0.717) is 0 Å². The van der Waals surface area contributed by atoms with Gasteiger partial charge in [-0.3, -0.25) is 0 Å². The molecule has 0 spiro atoms. The maximum Gasteiger partial charge on any atom is 0.0492 e. The molecule has 0 aromatic heterocycles. The Kier molecular flexibility index (Phi) is 8.39. The van der Waals surface area contributed by atoms with Crippen molar-refractivity contribution in [2.75, 3.05) is 4.90 Å². The summed E-state index contributed by atoms with van der Waals surface area (Å²) >= 11 is 3.79. The summed E-state index contributed by atoms with van der Waals surface area (Å²) in [6.07, 6.45) is 0. The zero-order chi connectivity index (χ0) is 30.4. The fourth-order valence-electron chi connectivity index (χ4n) is 5.98. The third-order valence-electron chi connectivity index (χ3n) is 8.29. The molecule has 0 aliphatic rings. The van der Waals surface area contributed by atoms with Gasteiger partial charge < -0.3 is 4.90 Å². The third-order valence-corrected chi connectivity index (χ3v) is 9.06. The molecule has 1 nitrogen and oxygen atoms in total. The summed E-state index contributed by atoms with van der Waals surface area (Å²) in [5.74, 6) is 0. The number of hydrogen-bond donors (Lipinski definition) is 0. The van der Waals surface area contributed by atoms with Gasteiger partial charge in [0.2, 0.25) is 0 Å². The van der Waals surface area contributed by atoms with Crippen molar-refractivity contribution in [2.45, 2.75) is 6.54 Å². The van der Waals surface area contributed by atoms with Gasteiger partial charge in [0.15, 0.2) is 0 Å². The largest absolute Gasteiger partial charge is 0.337 e. The van der Waals surface area contributed by atoms with Gasteiger partial charge in [-0.2, -0.15) is 0 Å². The van der Waals surface area contributed by atoms with E-state index in [-0.39, 0.29) is 0 Å². The van der Waals surface area contributed by atoms with E-state index in [0.717, 1.165) is 22.4 Å². The molecule has 0 saturated heterocycles. The van der Waals surface area contributed by atoms with E-state index in [9.17, 15) is 0 Å². The van der Waals surface area contributed by atoms with Crippen molar-refractivity contribution in [2.24, 2.45) is 0 Å². The summed E-state index contributed by atoms with van der Waals surface area (Å²) < 4.78 is 1.11. The van der Waals surface area contributed by atoms with Crippen LogP contribution in [0.15, 0.2) is 186 Å². The quantitative estimate of drug-likeness (QED) is 0.159. The van der Waals surface area contributed by atoms with Gasteiger partial charge >= 0.3 is 0 Å². The molecule has 0 fully saturated rings. The average molecular weight is 643 g/mol. The maximum atomic E-state index is 3.79. The molecule has 45 heavy (non-hydrogen) atoms. The van der Waals surface area contributed by atoms with Crippen molar-refractivity contribution in [3.05, 3.63) is 192 Å². The first-order valence-electron chi connectivity index (χ1n) is 15.3. The van der Waals surface area contributed by atoms with Gasteiger partial charge in [0.05, 0.1) is 0 Å². The lowest BCUT2D eigenvalue weighted by Crippen LogP contribution is -2.16. The Labute approximate surface area is 274 Å². The Balaban J connectivity index is 1.25. The highest BCUT2D eigenvalue weighted by Crippen LogP contribution is 2.37. The van der Waals surface area contributed by atoms with Gasteiger partial charge in [0.1, 0.15) is 0 Å². The molecule has 0 unspecified atom stereocenters. The molecule has 2 heteroatoms. The Morgan fingerprint density at radius 3 is 1.07 bits per heavy atom. The lowest BCUT2D eigenvalue weighted by Gasteiger charge is -2.26. The topological polar surface area (TPSA) is 3.24 Å². The van der Waals surface area contributed by atoms with Crippen molar-refractivity contribution in [3.8, 4) is 44.5 Å². The molecule has 0 atom stereocenters. The summed E-state index contributed by atoms with van der Waals surface area (Å²) in [7, 11) is 0. The first-order valence-corrected chi connectivity index (χ1v) is 16.0. The number of halogens is 1. The summed E-state index contributed by atoms with van der Waals surface area (Å²) in [6, 6.07) is 64.9. The van der Waals surface area contributed by atoms with Crippen LogP contribution in [0.5, 0.6) is 0 Å². The highest BCUT2D eigenvalue weighted by Gasteiger charge is 2.15. The van der Waals surface area contributed by atoms with E-state index in [2.05, 4.69) is 203 Å². The van der Waals surface area contributed by atoms with Crippen LogP contribution in [-0.4, -0.2) is 0 Å². The molecule has 216 valence electrons. The van der Waals surface area contributed by atoms with Gasteiger partial charge in [-0.25, -0.2) is 0 Å². The van der Waals surface area contributed by atoms with Gasteiger partial charge in [0, 0.05) is 22.4 Å². The first kappa shape index (κ1) is 28.6. The fourth-order valence-corrected chi connectivity index (χ4v) is 6.39. The van der Waals surface area contributed by atoms with Crippen molar-refractivity contribution >= 4 is 27.3 Å². The van der Waals surface area contributed by atoms with Gasteiger partial charge in [-0.15, -0.1) is 0 Å². The highest BCUT2D eigenvalue weighted by atomic mass is 79.9. The molecule has 0 saturated carbocycles. The Hall–Kier alpha value is -5.18. The molecule has 0 heterocycles. The maximum absolute atomic E-state index is 3.79. The van der Waals surface area contributed by atoms with Crippen LogP contribution in [-0.2, 0) is 6.54 Å². The van der Waals surface area contributed by atoms with E-state index < -0.39 is 0 Å². The molecule has 7 rings (SSSR count). The van der Waals surface area contributed by atoms with Crippen LogP contribution in [0.1, 0.15) is 5.56 Å². The van der Waals surface area contributed by atoms with E-state index in [1.807, 2.05) is 0 Å². The molecule has 0 N–H and O–H groups in total. The lowest BCUT2D eigenvalue weighted by molar-refractivity contribution is 0.970. The van der Waals surface area contributed by atoms with Gasteiger partial charge in [-0.05, 0) is 80.4 Å². The number of hydrogen-bond acceptors (Lipinski definition) is 1. The predicted molar refractivity (Wildman–Crippen MR) is 195 cm³/mol. The van der Waals surface area contributed by atoms with Crippen molar-refractivity contribution in [1.29, 1.82) is 0 Å². The first-order chi connectivity index (χ1) is 22.2. The second-order valence-electron chi connectivity index (χ2n) is 11.1. The molecular formula is C43H32BrN.